The number of halogens is 2. The third kappa shape index (κ3) is 3.41. The van der Waals surface area contributed by atoms with Crippen LogP contribution in [0.2, 0.25) is 5.02 Å². The molecule has 6 nitrogen and oxygen atoms in total. The Morgan fingerprint density at radius 3 is 2.68 bits per heavy atom. The predicted molar refractivity (Wildman–Crippen MR) is 92.4 cm³/mol. The van der Waals surface area contributed by atoms with Crippen molar-refractivity contribution >= 4 is 38.8 Å². The lowest BCUT2D eigenvalue weighted by molar-refractivity contribution is 0.103. The molecule has 0 aliphatic heterocycles. The van der Waals surface area contributed by atoms with Crippen molar-refractivity contribution in [2.45, 2.75) is 30.6 Å². The van der Waals surface area contributed by atoms with Crippen LogP contribution in [-0.2, 0) is 9.84 Å². The molecule has 0 amide bonds. The zero-order valence-corrected chi connectivity index (χ0v) is 15.6. The molecule has 1 aliphatic carbocycles. The molecule has 0 unspecified atom stereocenters. The van der Waals surface area contributed by atoms with Gasteiger partial charge < -0.3 is 9.26 Å². The number of alkyl halides is 1. The number of hydrogen-bond donors (Lipinski definition) is 0. The molecule has 1 fully saturated rings. The first kappa shape index (κ1) is 18.2. The van der Waals surface area contributed by atoms with Crippen LogP contribution in [0.15, 0.2) is 27.8 Å². The number of rotatable bonds is 7. The maximum atomic E-state index is 13.0. The van der Waals surface area contributed by atoms with E-state index in [0.29, 0.717) is 11.3 Å². The fourth-order valence-electron chi connectivity index (χ4n) is 2.56. The summed E-state index contributed by atoms with van der Waals surface area (Å²) in [4.78, 5) is 12.7. The second kappa shape index (κ2) is 6.97. The molecule has 9 heteroatoms. The highest BCUT2D eigenvalue weighted by Gasteiger charge is 2.34. The molecule has 0 atom stereocenters. The molecule has 1 aromatic heterocycles. The second-order valence-electron chi connectivity index (χ2n) is 5.63. The van der Waals surface area contributed by atoms with Crippen molar-refractivity contribution in [2.24, 2.45) is 0 Å². The van der Waals surface area contributed by atoms with E-state index in [2.05, 4.69) is 5.16 Å². The summed E-state index contributed by atoms with van der Waals surface area (Å²) in [5.41, 5.74) is 0.976. The molecule has 0 spiro atoms. The second-order valence-corrected chi connectivity index (χ2v) is 8.54. The van der Waals surface area contributed by atoms with Crippen LogP contribution in [0, 0.1) is 0 Å². The van der Waals surface area contributed by atoms with Crippen molar-refractivity contribution in [3.05, 3.63) is 40.2 Å². The van der Waals surface area contributed by atoms with Gasteiger partial charge in [0.15, 0.2) is 15.6 Å². The Balaban J connectivity index is 2.17. The van der Waals surface area contributed by atoms with Crippen molar-refractivity contribution in [3.8, 4) is 5.75 Å². The van der Waals surface area contributed by atoms with E-state index in [1.54, 1.807) is 6.92 Å². The molecule has 0 bridgehead atoms. The standard InChI is InChI=1S/C16H15Cl2NO5S/c1-2-23-15-10(5-6-12(18)16(15)25(21,22)8-17)14(20)11-7-24-19-13(11)9-3-4-9/h5-7,9H,2-4,8H2,1H3. The van der Waals surface area contributed by atoms with Gasteiger partial charge in [0.1, 0.15) is 16.4 Å². The van der Waals surface area contributed by atoms with Gasteiger partial charge in [-0.05, 0) is 31.9 Å². The number of benzene rings is 1. The van der Waals surface area contributed by atoms with Crippen LogP contribution in [-0.4, -0.2) is 31.2 Å². The first-order chi connectivity index (χ1) is 11.9. The monoisotopic (exact) mass is 403 g/mol. The van der Waals surface area contributed by atoms with Gasteiger partial charge in [0.05, 0.1) is 28.5 Å². The summed E-state index contributed by atoms with van der Waals surface area (Å²) in [6.07, 6.45) is 3.16. The molecular weight excluding hydrogens is 389 g/mol. The topological polar surface area (TPSA) is 86.5 Å². The number of sulfone groups is 1. The van der Waals surface area contributed by atoms with Crippen molar-refractivity contribution in [1.82, 2.24) is 5.16 Å². The number of aromatic nitrogens is 1. The lowest BCUT2D eigenvalue weighted by Gasteiger charge is -2.15. The minimum atomic E-state index is -3.90. The van der Waals surface area contributed by atoms with Crippen LogP contribution in [0.25, 0.3) is 0 Å². The normalized spacial score (nSPS) is 14.5. The summed E-state index contributed by atoms with van der Waals surface area (Å²) in [6.45, 7) is 1.84. The summed E-state index contributed by atoms with van der Waals surface area (Å²) in [5.74, 6) is -0.315. The highest BCUT2D eigenvalue weighted by Crippen LogP contribution is 2.42. The SMILES string of the molecule is CCOc1c(C(=O)c2conc2C2CC2)ccc(Cl)c1S(=O)(=O)CCl. The van der Waals surface area contributed by atoms with E-state index in [9.17, 15) is 13.2 Å². The van der Waals surface area contributed by atoms with Gasteiger partial charge in [-0.15, -0.1) is 11.6 Å². The molecule has 134 valence electrons. The first-order valence-corrected chi connectivity index (χ1v) is 10.2. The maximum Gasteiger partial charge on any atom is 0.201 e. The smallest absolute Gasteiger partial charge is 0.201 e. The van der Waals surface area contributed by atoms with E-state index >= 15 is 0 Å². The van der Waals surface area contributed by atoms with Crippen molar-refractivity contribution < 1.29 is 22.5 Å². The summed E-state index contributed by atoms with van der Waals surface area (Å²) < 4.78 is 35.1. The fraction of sp³-hybridized carbons (Fsp3) is 0.375. The van der Waals surface area contributed by atoms with Gasteiger partial charge >= 0.3 is 0 Å². The summed E-state index contributed by atoms with van der Waals surface area (Å²) in [5, 5.41) is 3.18. The Bertz CT molecular complexity index is 919. The zero-order chi connectivity index (χ0) is 18.2. The lowest BCUT2D eigenvalue weighted by Crippen LogP contribution is -2.12. The Kier molecular flexibility index (Phi) is 5.09. The summed E-state index contributed by atoms with van der Waals surface area (Å²) in [7, 11) is -3.90. The Morgan fingerprint density at radius 2 is 2.08 bits per heavy atom. The van der Waals surface area contributed by atoms with Crippen LogP contribution in [0.3, 0.4) is 0 Å². The highest BCUT2D eigenvalue weighted by molar-refractivity contribution is 7.92. The molecule has 1 aromatic carbocycles. The molecule has 2 aromatic rings. The van der Waals surface area contributed by atoms with E-state index in [1.165, 1.54) is 18.4 Å². The molecule has 0 N–H and O–H groups in total. The Morgan fingerprint density at radius 1 is 1.36 bits per heavy atom. The van der Waals surface area contributed by atoms with E-state index in [0.717, 1.165) is 12.8 Å². The van der Waals surface area contributed by atoms with E-state index in [1.807, 2.05) is 0 Å². The quantitative estimate of drug-likeness (QED) is 0.515. The maximum absolute atomic E-state index is 13.0. The lowest BCUT2D eigenvalue weighted by atomic mass is 10.0. The van der Waals surface area contributed by atoms with Gasteiger partial charge in [0, 0.05) is 5.92 Å². The number of carbonyl (C=O) groups is 1. The van der Waals surface area contributed by atoms with Crippen LogP contribution < -0.4 is 4.74 Å². The van der Waals surface area contributed by atoms with Gasteiger partial charge in [-0.25, -0.2) is 8.42 Å². The minimum Gasteiger partial charge on any atom is -0.492 e. The van der Waals surface area contributed by atoms with Crippen LogP contribution >= 0.6 is 23.2 Å². The Labute approximate surface area is 155 Å². The molecule has 1 heterocycles. The van der Waals surface area contributed by atoms with E-state index < -0.39 is 20.8 Å². The van der Waals surface area contributed by atoms with Gasteiger partial charge in [-0.2, -0.15) is 0 Å². The van der Waals surface area contributed by atoms with Crippen molar-refractivity contribution in [1.29, 1.82) is 0 Å². The van der Waals surface area contributed by atoms with E-state index in [-0.39, 0.29) is 33.8 Å². The first-order valence-electron chi connectivity index (χ1n) is 7.63. The third-order valence-electron chi connectivity index (χ3n) is 3.86. The molecule has 3 rings (SSSR count). The third-order valence-corrected chi connectivity index (χ3v) is 6.46. The molecular formula is C16H15Cl2NO5S. The zero-order valence-electron chi connectivity index (χ0n) is 13.3. The average Bonchev–Trinajstić information content (AvgIpc) is 3.31. The highest BCUT2D eigenvalue weighted by atomic mass is 35.5. The van der Waals surface area contributed by atoms with Gasteiger partial charge in [-0.1, -0.05) is 16.8 Å². The van der Waals surface area contributed by atoms with Gasteiger partial charge in [0.25, 0.3) is 0 Å². The Hall–Kier alpha value is -1.57. The number of hydrogen-bond acceptors (Lipinski definition) is 6. The molecule has 0 radical (unpaired) electrons. The largest absolute Gasteiger partial charge is 0.492 e. The summed E-state index contributed by atoms with van der Waals surface area (Å²) in [6, 6.07) is 2.79. The van der Waals surface area contributed by atoms with Crippen molar-refractivity contribution in [2.75, 3.05) is 11.8 Å². The number of ketones is 1. The number of carbonyl (C=O) groups excluding carboxylic acids is 1. The van der Waals surface area contributed by atoms with Gasteiger partial charge in [0.2, 0.25) is 5.78 Å². The number of ether oxygens (including phenoxy) is 1. The fourth-order valence-corrected chi connectivity index (χ4v) is 4.32. The molecule has 25 heavy (non-hydrogen) atoms. The molecule has 1 aliphatic rings. The summed E-state index contributed by atoms with van der Waals surface area (Å²) >= 11 is 11.6. The van der Waals surface area contributed by atoms with Crippen LogP contribution in [0.4, 0.5) is 0 Å². The average molecular weight is 404 g/mol. The molecule has 0 saturated heterocycles. The predicted octanol–water partition coefficient (Wildman–Crippen LogP) is 3.81. The van der Waals surface area contributed by atoms with E-state index in [4.69, 9.17) is 32.5 Å². The molecule has 1 saturated carbocycles. The minimum absolute atomic E-state index is 0.0478. The van der Waals surface area contributed by atoms with Crippen molar-refractivity contribution in [3.63, 3.8) is 0 Å². The number of nitrogens with zero attached hydrogens (tertiary/aromatic N) is 1. The van der Waals surface area contributed by atoms with Gasteiger partial charge in [-0.3, -0.25) is 4.79 Å². The van der Waals surface area contributed by atoms with Crippen LogP contribution in [0.1, 0.15) is 47.3 Å². The van der Waals surface area contributed by atoms with Crippen LogP contribution in [0.5, 0.6) is 5.75 Å².